The number of urea groups is 1. The molecule has 28 heavy (non-hydrogen) atoms. The van der Waals surface area contributed by atoms with Crippen molar-refractivity contribution in [2.45, 2.75) is 12.8 Å². The number of benzene rings is 2. The fraction of sp³-hybridized carbons (Fsp3) is 0.105. The number of nitrogens with zero attached hydrogens (tertiary/aromatic N) is 1. The molecule has 1 aromatic heterocycles. The van der Waals surface area contributed by atoms with Crippen LogP contribution in [0.1, 0.15) is 12.1 Å². The summed E-state index contributed by atoms with van der Waals surface area (Å²) in [5.74, 6) is -0.562. The molecule has 0 atom stereocenters. The van der Waals surface area contributed by atoms with Crippen LogP contribution in [-0.2, 0) is 11.2 Å². The number of carbonyl (C=O) groups excluding carboxylic acids is 2. The number of halogens is 2. The van der Waals surface area contributed by atoms with Gasteiger partial charge in [-0.2, -0.15) is 0 Å². The Morgan fingerprint density at radius 3 is 2.57 bits per heavy atom. The van der Waals surface area contributed by atoms with E-state index in [2.05, 4.69) is 20.9 Å². The summed E-state index contributed by atoms with van der Waals surface area (Å²) >= 11 is 7.15. The van der Waals surface area contributed by atoms with Gasteiger partial charge in [0.2, 0.25) is 5.91 Å². The monoisotopic (exact) mass is 418 g/mol. The number of carbonyl (C=O) groups is 2. The van der Waals surface area contributed by atoms with Crippen LogP contribution >= 0.6 is 22.9 Å². The van der Waals surface area contributed by atoms with Gasteiger partial charge in [0.25, 0.3) is 0 Å². The van der Waals surface area contributed by atoms with Gasteiger partial charge in [0, 0.05) is 28.2 Å². The fourth-order valence-electron chi connectivity index (χ4n) is 2.30. The predicted molar refractivity (Wildman–Crippen MR) is 110 cm³/mol. The molecule has 0 aliphatic carbocycles. The zero-order valence-corrected chi connectivity index (χ0v) is 16.1. The number of anilines is 3. The maximum Gasteiger partial charge on any atom is 0.325 e. The largest absolute Gasteiger partial charge is 0.326 e. The maximum absolute atomic E-state index is 12.9. The van der Waals surface area contributed by atoms with Crippen LogP contribution in [0.2, 0.25) is 5.02 Å². The fourth-order valence-corrected chi connectivity index (χ4v) is 3.23. The molecule has 3 N–H and O–H groups in total. The van der Waals surface area contributed by atoms with Crippen LogP contribution in [0, 0.1) is 5.82 Å². The highest BCUT2D eigenvalue weighted by molar-refractivity contribution is 7.13. The van der Waals surface area contributed by atoms with Crippen molar-refractivity contribution in [3.05, 3.63) is 70.4 Å². The van der Waals surface area contributed by atoms with E-state index >= 15 is 0 Å². The van der Waals surface area contributed by atoms with E-state index in [0.717, 1.165) is 0 Å². The van der Waals surface area contributed by atoms with Crippen LogP contribution in [0.25, 0.3) is 0 Å². The summed E-state index contributed by atoms with van der Waals surface area (Å²) in [6.07, 6.45) is 0.635. The topological polar surface area (TPSA) is 83.1 Å². The standard InChI is InChI=1S/C19H16ClFN4O2S/c20-12-2-1-3-15(10-12)23-18(27)25-19-24-16(11-28-19)8-9-17(26)22-14-6-4-13(21)5-7-14/h1-7,10-11H,8-9H2,(H,22,26)(H2,23,24,25,27). The quantitative estimate of drug-likeness (QED) is 0.517. The van der Waals surface area contributed by atoms with Crippen molar-refractivity contribution in [1.29, 1.82) is 0 Å². The Morgan fingerprint density at radius 1 is 1.04 bits per heavy atom. The van der Waals surface area contributed by atoms with Crippen molar-refractivity contribution < 1.29 is 14.0 Å². The Balaban J connectivity index is 1.46. The number of nitrogens with one attached hydrogen (secondary N) is 3. The van der Waals surface area contributed by atoms with E-state index in [9.17, 15) is 14.0 Å². The Kier molecular flexibility index (Phi) is 6.57. The van der Waals surface area contributed by atoms with Crippen LogP contribution in [0.15, 0.2) is 53.9 Å². The molecule has 0 unspecified atom stereocenters. The third-order valence-electron chi connectivity index (χ3n) is 3.59. The predicted octanol–water partition coefficient (Wildman–Crippen LogP) is 5.15. The van der Waals surface area contributed by atoms with E-state index in [1.165, 1.54) is 35.6 Å². The van der Waals surface area contributed by atoms with Crippen LogP contribution in [-0.4, -0.2) is 16.9 Å². The Hall–Kier alpha value is -2.97. The van der Waals surface area contributed by atoms with Crippen LogP contribution < -0.4 is 16.0 Å². The number of rotatable bonds is 6. The number of aryl methyl sites for hydroxylation is 1. The van der Waals surface area contributed by atoms with Gasteiger partial charge in [-0.3, -0.25) is 10.1 Å². The molecule has 0 spiro atoms. The van der Waals surface area contributed by atoms with Crippen LogP contribution in [0.5, 0.6) is 0 Å². The van der Waals surface area contributed by atoms with Gasteiger partial charge >= 0.3 is 6.03 Å². The summed E-state index contributed by atoms with van der Waals surface area (Å²) in [7, 11) is 0. The summed E-state index contributed by atoms with van der Waals surface area (Å²) in [5, 5.41) is 10.7. The molecule has 0 bridgehead atoms. The van der Waals surface area contributed by atoms with Crippen molar-refractivity contribution in [3.63, 3.8) is 0 Å². The third kappa shape index (κ3) is 6.04. The first-order valence-corrected chi connectivity index (χ1v) is 9.57. The normalized spacial score (nSPS) is 10.4. The average molecular weight is 419 g/mol. The molecule has 3 amide bonds. The lowest BCUT2D eigenvalue weighted by molar-refractivity contribution is -0.116. The molecule has 9 heteroatoms. The minimum atomic E-state index is -0.433. The first-order chi connectivity index (χ1) is 13.5. The van der Waals surface area contributed by atoms with E-state index < -0.39 is 6.03 Å². The molecule has 0 fully saturated rings. The van der Waals surface area contributed by atoms with Gasteiger partial charge in [0.15, 0.2) is 5.13 Å². The molecule has 3 rings (SSSR count). The first kappa shape index (κ1) is 19.8. The second kappa shape index (κ2) is 9.29. The molecule has 6 nitrogen and oxygen atoms in total. The van der Waals surface area contributed by atoms with E-state index in [4.69, 9.17) is 11.6 Å². The Bertz CT molecular complexity index is 978. The molecule has 2 aromatic carbocycles. The van der Waals surface area contributed by atoms with Crippen molar-refractivity contribution in [2.75, 3.05) is 16.0 Å². The number of hydrogen-bond donors (Lipinski definition) is 3. The summed E-state index contributed by atoms with van der Waals surface area (Å²) in [4.78, 5) is 28.3. The molecule has 0 saturated heterocycles. The van der Waals surface area contributed by atoms with Gasteiger partial charge < -0.3 is 10.6 Å². The van der Waals surface area contributed by atoms with Crippen molar-refractivity contribution in [1.82, 2.24) is 4.98 Å². The molecular formula is C19H16ClFN4O2S. The zero-order chi connectivity index (χ0) is 19.9. The lowest BCUT2D eigenvalue weighted by Gasteiger charge is -2.05. The van der Waals surface area contributed by atoms with E-state index in [0.29, 0.717) is 33.6 Å². The minimum absolute atomic E-state index is 0.201. The summed E-state index contributed by atoms with van der Waals surface area (Å²) in [6.45, 7) is 0. The smallest absolute Gasteiger partial charge is 0.325 e. The molecule has 1 heterocycles. The average Bonchev–Trinajstić information content (AvgIpc) is 3.09. The van der Waals surface area contributed by atoms with E-state index in [1.54, 1.807) is 29.6 Å². The van der Waals surface area contributed by atoms with Crippen molar-refractivity contribution in [2.24, 2.45) is 0 Å². The van der Waals surface area contributed by atoms with Crippen molar-refractivity contribution >= 4 is 51.4 Å². The van der Waals surface area contributed by atoms with E-state index in [-0.39, 0.29) is 18.1 Å². The number of amides is 3. The zero-order valence-electron chi connectivity index (χ0n) is 14.5. The van der Waals surface area contributed by atoms with Gasteiger partial charge in [-0.15, -0.1) is 11.3 Å². The molecular weight excluding hydrogens is 403 g/mol. The molecule has 0 aliphatic heterocycles. The van der Waals surface area contributed by atoms with Crippen LogP contribution in [0.3, 0.4) is 0 Å². The molecule has 3 aromatic rings. The Labute approximate surface area is 169 Å². The number of aromatic nitrogens is 1. The summed E-state index contributed by atoms with van der Waals surface area (Å²) < 4.78 is 12.9. The summed E-state index contributed by atoms with van der Waals surface area (Å²) in [6, 6.07) is 11.9. The highest BCUT2D eigenvalue weighted by Crippen LogP contribution is 2.19. The second-order valence-electron chi connectivity index (χ2n) is 5.79. The lowest BCUT2D eigenvalue weighted by atomic mass is 10.2. The van der Waals surface area contributed by atoms with Crippen LogP contribution in [0.4, 0.5) is 25.7 Å². The lowest BCUT2D eigenvalue weighted by Crippen LogP contribution is -2.19. The molecule has 0 saturated carbocycles. The highest BCUT2D eigenvalue weighted by atomic mass is 35.5. The number of thiazole rings is 1. The molecule has 0 aliphatic rings. The molecule has 0 radical (unpaired) electrons. The third-order valence-corrected chi connectivity index (χ3v) is 4.63. The Morgan fingerprint density at radius 2 is 1.82 bits per heavy atom. The van der Waals surface area contributed by atoms with Crippen molar-refractivity contribution in [3.8, 4) is 0 Å². The second-order valence-corrected chi connectivity index (χ2v) is 7.08. The van der Waals surface area contributed by atoms with Gasteiger partial charge in [-0.1, -0.05) is 17.7 Å². The van der Waals surface area contributed by atoms with Gasteiger partial charge in [-0.25, -0.2) is 14.2 Å². The maximum atomic E-state index is 12.9. The molecule has 144 valence electrons. The number of hydrogen-bond acceptors (Lipinski definition) is 4. The van der Waals surface area contributed by atoms with Gasteiger partial charge in [-0.05, 0) is 48.9 Å². The first-order valence-electron chi connectivity index (χ1n) is 8.31. The minimum Gasteiger partial charge on any atom is -0.326 e. The SMILES string of the molecule is O=C(CCc1csc(NC(=O)Nc2cccc(Cl)c2)n1)Nc1ccc(F)cc1. The highest BCUT2D eigenvalue weighted by Gasteiger charge is 2.09. The van der Waals surface area contributed by atoms with Gasteiger partial charge in [0.1, 0.15) is 5.82 Å². The van der Waals surface area contributed by atoms with Gasteiger partial charge in [0.05, 0.1) is 5.69 Å². The summed E-state index contributed by atoms with van der Waals surface area (Å²) in [5.41, 5.74) is 1.79. The van der Waals surface area contributed by atoms with E-state index in [1.807, 2.05) is 0 Å².